The molecule has 2 fully saturated rings. The van der Waals surface area contributed by atoms with Gasteiger partial charge in [0.1, 0.15) is 4.21 Å². The number of carbonyl (C=O) groups is 1. The van der Waals surface area contributed by atoms with Crippen LogP contribution in [0.3, 0.4) is 0 Å². The number of benzene rings is 1. The Morgan fingerprint density at radius 3 is 2.79 bits per heavy atom. The number of sulfonamides is 1. The van der Waals surface area contributed by atoms with Gasteiger partial charge < -0.3 is 10.2 Å². The van der Waals surface area contributed by atoms with Crippen LogP contribution in [0, 0.1) is 5.92 Å². The van der Waals surface area contributed by atoms with Crippen LogP contribution in [0.5, 0.6) is 0 Å². The summed E-state index contributed by atoms with van der Waals surface area (Å²) in [5, 5.41) is 4.78. The van der Waals surface area contributed by atoms with Crippen molar-refractivity contribution in [3.05, 3.63) is 46.8 Å². The molecule has 2 bridgehead atoms. The van der Waals surface area contributed by atoms with Gasteiger partial charge in [0, 0.05) is 18.3 Å². The molecule has 5 rings (SSSR count). The Hall–Kier alpha value is -1.90. The second-order valence-corrected chi connectivity index (χ2v) is 10.9. The number of hydrogen-bond acceptors (Lipinski definition) is 4. The van der Waals surface area contributed by atoms with Crippen molar-refractivity contribution in [1.29, 1.82) is 0 Å². The molecule has 6 nitrogen and oxygen atoms in total. The summed E-state index contributed by atoms with van der Waals surface area (Å²) in [6.45, 7) is 0.693. The molecule has 2 aliphatic carbocycles. The average molecular weight is 418 g/mol. The number of urea groups is 1. The molecule has 3 unspecified atom stereocenters. The molecule has 2 N–H and O–H groups in total. The van der Waals surface area contributed by atoms with Crippen LogP contribution in [0.4, 0.5) is 10.5 Å². The monoisotopic (exact) mass is 417 g/mol. The molecule has 2 aromatic rings. The van der Waals surface area contributed by atoms with E-state index in [2.05, 4.69) is 22.2 Å². The van der Waals surface area contributed by atoms with Gasteiger partial charge in [-0.15, -0.1) is 11.3 Å². The molecular weight excluding hydrogens is 394 g/mol. The van der Waals surface area contributed by atoms with Crippen LogP contribution in [0.25, 0.3) is 0 Å². The van der Waals surface area contributed by atoms with E-state index in [9.17, 15) is 13.2 Å². The molecule has 1 saturated heterocycles. The third kappa shape index (κ3) is 3.23. The van der Waals surface area contributed by atoms with Crippen molar-refractivity contribution >= 4 is 33.1 Å². The lowest BCUT2D eigenvalue weighted by Crippen LogP contribution is -2.52. The van der Waals surface area contributed by atoms with Gasteiger partial charge in [0.25, 0.3) is 0 Å². The molecule has 1 saturated carbocycles. The molecule has 28 heavy (non-hydrogen) atoms. The Bertz CT molecular complexity index is 1000. The van der Waals surface area contributed by atoms with Gasteiger partial charge in [-0.25, -0.2) is 17.9 Å². The average Bonchev–Trinajstić information content (AvgIpc) is 3.43. The maximum atomic E-state index is 12.9. The molecular formula is C20H23N3O3S2. The molecule has 2 amide bonds. The quantitative estimate of drug-likeness (QED) is 0.802. The fraction of sp³-hybridized carbons (Fsp3) is 0.450. The second kappa shape index (κ2) is 6.86. The summed E-state index contributed by atoms with van der Waals surface area (Å²) in [5.74, 6) is 0.354. The highest BCUT2D eigenvalue weighted by Gasteiger charge is 2.48. The first-order valence-electron chi connectivity index (χ1n) is 9.75. The Morgan fingerprint density at radius 2 is 2.00 bits per heavy atom. The van der Waals surface area contributed by atoms with Crippen molar-refractivity contribution in [3.63, 3.8) is 0 Å². The number of carbonyl (C=O) groups excluding carboxylic acids is 1. The lowest BCUT2D eigenvalue weighted by atomic mass is 10.1. The summed E-state index contributed by atoms with van der Waals surface area (Å²) < 4.78 is 28.3. The van der Waals surface area contributed by atoms with Gasteiger partial charge in [-0.3, -0.25) is 0 Å². The molecule has 148 valence electrons. The van der Waals surface area contributed by atoms with E-state index >= 15 is 0 Å². The Morgan fingerprint density at radius 1 is 1.14 bits per heavy atom. The first-order valence-corrected chi connectivity index (χ1v) is 12.1. The van der Waals surface area contributed by atoms with Gasteiger partial charge in [0.2, 0.25) is 10.0 Å². The molecule has 1 aliphatic heterocycles. The van der Waals surface area contributed by atoms with E-state index in [0.717, 1.165) is 31.4 Å². The lowest BCUT2D eigenvalue weighted by molar-refractivity contribution is 0.183. The van der Waals surface area contributed by atoms with Crippen molar-refractivity contribution in [2.75, 3.05) is 11.9 Å². The van der Waals surface area contributed by atoms with Gasteiger partial charge in [0.15, 0.2) is 0 Å². The maximum absolute atomic E-state index is 12.9. The maximum Gasteiger partial charge on any atom is 0.322 e. The summed E-state index contributed by atoms with van der Waals surface area (Å²) in [4.78, 5) is 14.7. The summed E-state index contributed by atoms with van der Waals surface area (Å²) in [6, 6.07) is 9.04. The number of nitrogens with one attached hydrogen (secondary N) is 2. The number of likely N-dealkylation sites (tertiary alicyclic amines) is 1. The highest BCUT2D eigenvalue weighted by molar-refractivity contribution is 7.91. The van der Waals surface area contributed by atoms with E-state index in [4.69, 9.17) is 0 Å². The predicted octanol–water partition coefficient (Wildman–Crippen LogP) is 3.21. The SMILES string of the molecule is O=C(Nc1ccc2c(c1)CCC2)N1CC2CC(NS(=O)(=O)c3cccs3)C1C2. The van der Waals surface area contributed by atoms with E-state index in [-0.39, 0.29) is 18.1 Å². The number of fused-ring (bicyclic) bond motifs is 3. The van der Waals surface area contributed by atoms with Crippen LogP contribution in [0.15, 0.2) is 39.9 Å². The van der Waals surface area contributed by atoms with Crippen molar-refractivity contribution in [1.82, 2.24) is 9.62 Å². The molecule has 0 spiro atoms. The highest BCUT2D eigenvalue weighted by Crippen LogP contribution is 2.39. The predicted molar refractivity (Wildman–Crippen MR) is 109 cm³/mol. The number of thiophene rings is 1. The van der Waals surface area contributed by atoms with Crippen LogP contribution in [0.1, 0.15) is 30.4 Å². The standard InChI is InChI=1S/C20H23N3O3S2/c24-20(21-16-7-6-14-3-1-4-15(14)11-16)23-12-13-9-17(18(23)10-13)22-28(25,26)19-5-2-8-27-19/h2,5-8,11,13,17-18,22H,1,3-4,9-10,12H2,(H,21,24). The number of piperidine rings is 1. The fourth-order valence-electron chi connectivity index (χ4n) is 4.90. The Balaban J connectivity index is 1.28. The third-order valence-electron chi connectivity index (χ3n) is 6.16. The molecule has 8 heteroatoms. The Labute approximate surface area is 169 Å². The minimum atomic E-state index is -3.53. The highest BCUT2D eigenvalue weighted by atomic mass is 32.2. The number of rotatable bonds is 4. The second-order valence-electron chi connectivity index (χ2n) is 7.98. The van der Waals surface area contributed by atoms with E-state index in [1.54, 1.807) is 17.5 Å². The van der Waals surface area contributed by atoms with Crippen molar-refractivity contribution in [3.8, 4) is 0 Å². The summed E-state index contributed by atoms with van der Waals surface area (Å²) in [5.41, 5.74) is 3.52. The molecule has 3 atom stereocenters. The van der Waals surface area contributed by atoms with Crippen LogP contribution in [0.2, 0.25) is 0 Å². The zero-order chi connectivity index (χ0) is 19.3. The number of anilines is 1. The normalized spacial score (nSPS) is 25.9. The van der Waals surface area contributed by atoms with Gasteiger partial charge in [-0.1, -0.05) is 12.1 Å². The third-order valence-corrected chi connectivity index (χ3v) is 9.05. The van der Waals surface area contributed by atoms with Crippen LogP contribution < -0.4 is 10.0 Å². The zero-order valence-electron chi connectivity index (χ0n) is 15.4. The fourth-order valence-corrected chi connectivity index (χ4v) is 7.20. The van der Waals surface area contributed by atoms with Gasteiger partial charge >= 0.3 is 6.03 Å². The van der Waals surface area contributed by atoms with Gasteiger partial charge in [0.05, 0.1) is 6.04 Å². The first-order chi connectivity index (χ1) is 13.5. The summed E-state index contributed by atoms with van der Waals surface area (Å²) in [6.07, 6.45) is 5.01. The molecule has 2 heterocycles. The molecule has 1 aromatic carbocycles. The number of aryl methyl sites for hydroxylation is 2. The number of amides is 2. The minimum Gasteiger partial charge on any atom is -0.320 e. The smallest absolute Gasteiger partial charge is 0.320 e. The summed E-state index contributed by atoms with van der Waals surface area (Å²) >= 11 is 1.21. The molecule has 0 radical (unpaired) electrons. The minimum absolute atomic E-state index is 0.0887. The van der Waals surface area contributed by atoms with E-state index < -0.39 is 10.0 Å². The lowest BCUT2D eigenvalue weighted by Gasteiger charge is -2.33. The van der Waals surface area contributed by atoms with Crippen LogP contribution in [-0.2, 0) is 22.9 Å². The number of hydrogen-bond donors (Lipinski definition) is 2. The van der Waals surface area contributed by atoms with Crippen molar-refractivity contribution in [2.45, 2.75) is 48.4 Å². The van der Waals surface area contributed by atoms with Crippen LogP contribution in [-0.4, -0.2) is 38.0 Å². The van der Waals surface area contributed by atoms with Gasteiger partial charge in [-0.2, -0.15) is 0 Å². The largest absolute Gasteiger partial charge is 0.322 e. The molecule has 3 aliphatic rings. The Kier molecular flexibility index (Phi) is 4.45. The first kappa shape index (κ1) is 18.1. The van der Waals surface area contributed by atoms with Gasteiger partial charge in [-0.05, 0) is 72.7 Å². The topological polar surface area (TPSA) is 78.5 Å². The number of nitrogens with zero attached hydrogens (tertiary/aromatic N) is 1. The summed E-state index contributed by atoms with van der Waals surface area (Å²) in [7, 11) is -3.53. The zero-order valence-corrected chi connectivity index (χ0v) is 17.1. The van der Waals surface area contributed by atoms with Crippen LogP contribution >= 0.6 is 11.3 Å². The molecule has 1 aromatic heterocycles. The van der Waals surface area contributed by atoms with Crippen molar-refractivity contribution < 1.29 is 13.2 Å². The van der Waals surface area contributed by atoms with E-state index in [1.807, 2.05) is 11.0 Å². The van der Waals surface area contributed by atoms with E-state index in [0.29, 0.717) is 16.7 Å². The van der Waals surface area contributed by atoms with Crippen molar-refractivity contribution in [2.24, 2.45) is 5.92 Å². The van der Waals surface area contributed by atoms with E-state index in [1.165, 1.54) is 28.9 Å².